The smallest absolute Gasteiger partial charge is 0.410 e. The van der Waals surface area contributed by atoms with E-state index in [1.165, 1.54) is 11.3 Å². The molecule has 0 saturated carbocycles. The van der Waals surface area contributed by atoms with Gasteiger partial charge in [0.1, 0.15) is 5.60 Å². The van der Waals surface area contributed by atoms with Crippen molar-refractivity contribution in [3.05, 3.63) is 40.8 Å². The summed E-state index contributed by atoms with van der Waals surface area (Å²) in [5.74, 6) is -0.560. The molecule has 2 fully saturated rings. The Kier molecular flexibility index (Phi) is 6.78. The molecule has 1 aromatic carbocycles. The number of fused-ring (bicyclic) bond motifs is 2. The van der Waals surface area contributed by atoms with Crippen LogP contribution in [0.2, 0.25) is 0 Å². The Labute approximate surface area is 239 Å². The Balaban J connectivity index is 1.16. The van der Waals surface area contributed by atoms with Crippen molar-refractivity contribution < 1.29 is 19.1 Å². The van der Waals surface area contributed by atoms with E-state index in [4.69, 9.17) is 9.84 Å². The van der Waals surface area contributed by atoms with Gasteiger partial charge in [-0.2, -0.15) is 10.2 Å². The summed E-state index contributed by atoms with van der Waals surface area (Å²) in [4.78, 5) is 41.1. The molecular formula is C30H39N7O4. The van der Waals surface area contributed by atoms with Gasteiger partial charge in [-0.15, -0.1) is 0 Å². The minimum absolute atomic E-state index is 0.219. The van der Waals surface area contributed by atoms with E-state index in [0.717, 1.165) is 60.3 Å². The Hall–Kier alpha value is -3.89. The number of nitrogens with one attached hydrogen (secondary N) is 1. The number of amides is 3. The van der Waals surface area contributed by atoms with Crippen molar-refractivity contribution in [2.45, 2.75) is 76.9 Å². The zero-order valence-corrected chi connectivity index (χ0v) is 24.6. The number of anilines is 1. The van der Waals surface area contributed by atoms with Crippen molar-refractivity contribution >= 4 is 34.5 Å². The normalized spacial score (nSPS) is 20.4. The highest BCUT2D eigenvalue weighted by Gasteiger charge is 2.34. The molecule has 5 heterocycles. The lowest BCUT2D eigenvalue weighted by molar-refractivity contribution is -0.134. The average Bonchev–Trinajstić information content (AvgIpc) is 3.43. The number of carbonyl (C=O) groups excluding carboxylic acids is 3. The monoisotopic (exact) mass is 561 g/mol. The quantitative estimate of drug-likeness (QED) is 0.487. The number of hydrogen-bond donors (Lipinski definition) is 1. The van der Waals surface area contributed by atoms with Crippen LogP contribution in [-0.4, -0.2) is 67.6 Å². The van der Waals surface area contributed by atoms with Crippen molar-refractivity contribution in [1.82, 2.24) is 29.8 Å². The number of hydrogen-bond acceptors (Lipinski definition) is 7. The van der Waals surface area contributed by atoms with E-state index in [1.54, 1.807) is 4.90 Å². The van der Waals surface area contributed by atoms with E-state index in [-0.39, 0.29) is 17.9 Å². The van der Waals surface area contributed by atoms with Gasteiger partial charge in [-0.3, -0.25) is 24.3 Å². The lowest BCUT2D eigenvalue weighted by Crippen LogP contribution is -2.40. The van der Waals surface area contributed by atoms with Crippen LogP contribution in [0.25, 0.3) is 10.9 Å². The van der Waals surface area contributed by atoms with Crippen LogP contribution in [0.15, 0.2) is 18.2 Å². The van der Waals surface area contributed by atoms with Crippen LogP contribution in [0.1, 0.15) is 80.9 Å². The molecule has 218 valence electrons. The van der Waals surface area contributed by atoms with Crippen molar-refractivity contribution in [1.29, 1.82) is 0 Å². The minimum Gasteiger partial charge on any atom is -0.444 e. The highest BCUT2D eigenvalue weighted by molar-refractivity contribution is 6.02. The van der Waals surface area contributed by atoms with E-state index in [1.807, 2.05) is 44.2 Å². The average molecular weight is 562 g/mol. The van der Waals surface area contributed by atoms with Crippen molar-refractivity contribution in [2.24, 2.45) is 14.1 Å². The van der Waals surface area contributed by atoms with E-state index < -0.39 is 11.5 Å². The Morgan fingerprint density at radius 2 is 1.71 bits per heavy atom. The maximum Gasteiger partial charge on any atom is 0.410 e. The molecule has 1 unspecified atom stereocenters. The van der Waals surface area contributed by atoms with Gasteiger partial charge in [0, 0.05) is 74.8 Å². The molecule has 3 amide bonds. The van der Waals surface area contributed by atoms with Gasteiger partial charge >= 0.3 is 6.09 Å². The van der Waals surface area contributed by atoms with E-state index >= 15 is 0 Å². The van der Waals surface area contributed by atoms with Crippen LogP contribution in [0.4, 0.5) is 10.5 Å². The lowest BCUT2D eigenvalue weighted by atomic mass is 9.89. The molecule has 0 spiro atoms. The molecule has 0 radical (unpaired) electrons. The third-order valence-corrected chi connectivity index (χ3v) is 8.60. The maximum atomic E-state index is 12.8. The molecule has 6 rings (SSSR count). The van der Waals surface area contributed by atoms with Gasteiger partial charge in [0.2, 0.25) is 11.8 Å². The molecule has 2 aromatic heterocycles. The Bertz CT molecular complexity index is 1520. The van der Waals surface area contributed by atoms with Crippen LogP contribution in [0.5, 0.6) is 0 Å². The largest absolute Gasteiger partial charge is 0.444 e. The molecule has 0 aliphatic carbocycles. The van der Waals surface area contributed by atoms with Crippen LogP contribution in [0.3, 0.4) is 0 Å². The molecule has 1 N–H and O–H groups in total. The molecule has 1 atom stereocenters. The summed E-state index contributed by atoms with van der Waals surface area (Å²) in [7, 11) is 3.91. The van der Waals surface area contributed by atoms with Gasteiger partial charge < -0.3 is 14.5 Å². The Morgan fingerprint density at radius 3 is 2.41 bits per heavy atom. The van der Waals surface area contributed by atoms with Crippen LogP contribution < -0.4 is 10.2 Å². The predicted molar refractivity (Wildman–Crippen MR) is 154 cm³/mol. The minimum atomic E-state index is -0.521. The summed E-state index contributed by atoms with van der Waals surface area (Å²) in [6.07, 6.45) is 3.28. The third-order valence-electron chi connectivity index (χ3n) is 8.60. The van der Waals surface area contributed by atoms with Crippen LogP contribution >= 0.6 is 0 Å². The van der Waals surface area contributed by atoms with E-state index in [0.29, 0.717) is 31.8 Å². The highest BCUT2D eigenvalue weighted by Crippen LogP contribution is 2.37. The highest BCUT2D eigenvalue weighted by atomic mass is 16.6. The van der Waals surface area contributed by atoms with Gasteiger partial charge in [0.05, 0.1) is 29.4 Å². The number of ether oxygens (including phenoxy) is 1. The second-order valence-electron chi connectivity index (χ2n) is 12.6. The number of piperidine rings is 2. The lowest BCUT2D eigenvalue weighted by Gasteiger charge is -2.34. The zero-order valence-electron chi connectivity index (χ0n) is 24.6. The predicted octanol–water partition coefficient (Wildman–Crippen LogP) is 3.50. The van der Waals surface area contributed by atoms with Crippen LogP contribution in [-0.2, 0) is 41.4 Å². The second kappa shape index (κ2) is 10.2. The van der Waals surface area contributed by atoms with Crippen LogP contribution in [0, 0.1) is 0 Å². The summed E-state index contributed by atoms with van der Waals surface area (Å²) >= 11 is 0. The van der Waals surface area contributed by atoms with Crippen molar-refractivity contribution in [2.75, 3.05) is 24.5 Å². The molecule has 3 aliphatic rings. The maximum absolute atomic E-state index is 12.8. The van der Waals surface area contributed by atoms with E-state index in [2.05, 4.69) is 33.5 Å². The first-order valence-electron chi connectivity index (χ1n) is 14.6. The molecule has 3 aliphatic heterocycles. The fourth-order valence-corrected chi connectivity index (χ4v) is 6.52. The standard InChI is InChI=1S/C30H39N7O4/c1-30(2,3)41-29(40)37-15-12-23-22(17-37)26(32-34(23)4)18-10-13-36(14-11-18)19-6-7-20-24(16-19)35(5)33-27(20)21-8-9-25(38)31-28(21)39/h6-7,16,18,21H,8-15,17H2,1-5H3,(H,31,38,39). The summed E-state index contributed by atoms with van der Waals surface area (Å²) in [6.45, 7) is 8.67. The third kappa shape index (κ3) is 5.17. The summed E-state index contributed by atoms with van der Waals surface area (Å²) < 4.78 is 9.48. The molecule has 0 bridgehead atoms. The number of aryl methyl sites for hydroxylation is 2. The molecule has 41 heavy (non-hydrogen) atoms. The first-order chi connectivity index (χ1) is 19.5. The first-order valence-corrected chi connectivity index (χ1v) is 14.6. The summed E-state index contributed by atoms with van der Waals surface area (Å²) in [5, 5.41) is 13.0. The van der Waals surface area contributed by atoms with Gasteiger partial charge in [-0.25, -0.2) is 4.79 Å². The number of rotatable bonds is 3. The molecular weight excluding hydrogens is 522 g/mol. The number of carbonyl (C=O) groups is 3. The first kappa shape index (κ1) is 27.3. The van der Waals surface area contributed by atoms with Crippen molar-refractivity contribution in [3.8, 4) is 0 Å². The van der Waals surface area contributed by atoms with Crippen molar-refractivity contribution in [3.63, 3.8) is 0 Å². The zero-order chi connectivity index (χ0) is 29.1. The number of imide groups is 1. The van der Waals surface area contributed by atoms with Gasteiger partial charge in [0.15, 0.2) is 0 Å². The number of aromatic nitrogens is 4. The summed E-state index contributed by atoms with van der Waals surface area (Å²) in [6, 6.07) is 6.32. The fraction of sp³-hybridized carbons (Fsp3) is 0.567. The number of benzene rings is 1. The fourth-order valence-electron chi connectivity index (χ4n) is 6.52. The van der Waals surface area contributed by atoms with Gasteiger partial charge in [-0.05, 0) is 58.2 Å². The molecule has 2 saturated heterocycles. The van der Waals surface area contributed by atoms with Gasteiger partial charge in [-0.1, -0.05) is 0 Å². The van der Waals surface area contributed by atoms with E-state index in [9.17, 15) is 14.4 Å². The Morgan fingerprint density at radius 1 is 0.976 bits per heavy atom. The molecule has 3 aromatic rings. The summed E-state index contributed by atoms with van der Waals surface area (Å²) in [5.41, 5.74) is 5.84. The number of nitrogens with zero attached hydrogens (tertiary/aromatic N) is 6. The SMILES string of the molecule is Cn1nc(C2CCN(c3ccc4c(C5CCC(=O)NC5=O)nn(C)c4c3)CC2)c2c1CCN(C(=O)OC(C)(C)C)C2. The van der Waals surface area contributed by atoms with Gasteiger partial charge in [0.25, 0.3) is 0 Å². The second-order valence-corrected chi connectivity index (χ2v) is 12.6. The molecule has 11 heteroatoms. The topological polar surface area (TPSA) is 115 Å². The molecule has 11 nitrogen and oxygen atoms in total.